The van der Waals surface area contributed by atoms with Crippen molar-refractivity contribution in [2.75, 3.05) is 16.3 Å². The van der Waals surface area contributed by atoms with Gasteiger partial charge in [0.05, 0.1) is 23.5 Å². The van der Waals surface area contributed by atoms with Gasteiger partial charge in [0.1, 0.15) is 16.8 Å². The fraction of sp³-hybridized carbons (Fsp3) is 0.0909. The smallest absolute Gasteiger partial charge is 0.229 e. The summed E-state index contributed by atoms with van der Waals surface area (Å²) in [5.74, 6) is 0.990. The molecule has 9 heteroatoms. The summed E-state index contributed by atoms with van der Waals surface area (Å²) in [4.78, 5) is 12.6. The van der Waals surface area contributed by atoms with Gasteiger partial charge in [-0.1, -0.05) is 0 Å². The zero-order valence-corrected chi connectivity index (χ0v) is 11.3. The number of nitrogens with zero attached hydrogens (tertiary/aromatic N) is 4. The third-order valence-electron chi connectivity index (χ3n) is 2.46. The summed E-state index contributed by atoms with van der Waals surface area (Å²) in [7, 11) is -1.14. The molecule has 3 aromatic rings. The summed E-state index contributed by atoms with van der Waals surface area (Å²) in [5, 5.41) is 10.5. The molecule has 0 aromatic carbocycles. The van der Waals surface area contributed by atoms with E-state index in [0.717, 1.165) is 11.1 Å². The van der Waals surface area contributed by atoms with E-state index in [1.54, 1.807) is 37.0 Å². The summed E-state index contributed by atoms with van der Waals surface area (Å²) < 4.78 is 13.7. The molecule has 3 N–H and O–H groups in total. The Kier molecular flexibility index (Phi) is 3.25. The lowest BCUT2D eigenvalue weighted by atomic mass is 10.4. The summed E-state index contributed by atoms with van der Waals surface area (Å²) in [6.45, 7) is 0. The number of rotatable bonds is 4. The van der Waals surface area contributed by atoms with Crippen LogP contribution in [0.15, 0.2) is 30.7 Å². The number of anilines is 3. The van der Waals surface area contributed by atoms with Crippen LogP contribution < -0.4 is 10.0 Å². The Morgan fingerprint density at radius 2 is 2.10 bits per heavy atom. The molecule has 1 atom stereocenters. The second kappa shape index (κ2) is 5.21. The lowest BCUT2D eigenvalue weighted by molar-refractivity contribution is 0.689. The summed E-state index contributed by atoms with van der Waals surface area (Å²) in [6.07, 6.45) is 6.49. The second-order valence-corrected chi connectivity index (χ2v) is 5.09. The van der Waals surface area contributed by atoms with Crippen LogP contribution in [0.1, 0.15) is 0 Å². The average Bonchev–Trinajstić information content (AvgIpc) is 2.88. The molecule has 8 nitrogen and oxygen atoms in total. The average molecular weight is 289 g/mol. The number of hydrogen-bond donors (Lipinski definition) is 3. The number of nitrogens with one attached hydrogen (secondary N) is 3. The van der Waals surface area contributed by atoms with Gasteiger partial charge in [0.15, 0.2) is 5.65 Å². The van der Waals surface area contributed by atoms with Crippen LogP contribution in [-0.2, 0) is 11.0 Å². The fourth-order valence-electron chi connectivity index (χ4n) is 1.60. The van der Waals surface area contributed by atoms with Crippen LogP contribution in [0.4, 0.5) is 17.5 Å². The van der Waals surface area contributed by atoms with Gasteiger partial charge in [-0.3, -0.25) is 9.82 Å². The Morgan fingerprint density at radius 3 is 2.85 bits per heavy atom. The van der Waals surface area contributed by atoms with Crippen molar-refractivity contribution >= 4 is 39.5 Å². The molecule has 102 valence electrons. The van der Waals surface area contributed by atoms with Crippen molar-refractivity contribution in [3.05, 3.63) is 30.7 Å². The minimum absolute atomic E-state index is 0.448. The first-order valence-electron chi connectivity index (χ1n) is 5.70. The lowest BCUT2D eigenvalue weighted by Gasteiger charge is -2.05. The van der Waals surface area contributed by atoms with Gasteiger partial charge in [-0.15, -0.1) is 0 Å². The Morgan fingerprint density at radius 1 is 1.20 bits per heavy atom. The molecule has 0 aliphatic carbocycles. The molecular formula is C11H11N7OS. The highest BCUT2D eigenvalue weighted by Gasteiger charge is 2.03. The number of aromatic amines is 1. The maximum atomic E-state index is 11.0. The molecular weight excluding hydrogens is 278 g/mol. The lowest BCUT2D eigenvalue weighted by Crippen LogP contribution is -2.03. The molecule has 0 radical (unpaired) electrons. The van der Waals surface area contributed by atoms with Crippen molar-refractivity contribution < 1.29 is 4.21 Å². The Balaban J connectivity index is 1.78. The van der Waals surface area contributed by atoms with Gasteiger partial charge in [-0.05, 0) is 12.1 Å². The number of aromatic nitrogens is 5. The first-order chi connectivity index (χ1) is 9.70. The summed E-state index contributed by atoms with van der Waals surface area (Å²) >= 11 is 0. The molecule has 3 heterocycles. The quantitative estimate of drug-likeness (QED) is 0.666. The zero-order valence-electron chi connectivity index (χ0n) is 10.5. The predicted octanol–water partition coefficient (Wildman–Crippen LogP) is 1.20. The van der Waals surface area contributed by atoms with Gasteiger partial charge in [-0.25, -0.2) is 14.2 Å². The SMILES string of the molecule is CS(=O)Nc1ccc(Nc2ncc3cn[nH]c3n2)cn1. The van der Waals surface area contributed by atoms with Gasteiger partial charge in [-0.2, -0.15) is 10.1 Å². The van der Waals surface area contributed by atoms with Crippen LogP contribution >= 0.6 is 0 Å². The van der Waals surface area contributed by atoms with Gasteiger partial charge >= 0.3 is 0 Å². The number of hydrogen-bond acceptors (Lipinski definition) is 6. The first kappa shape index (κ1) is 12.5. The van der Waals surface area contributed by atoms with Crippen molar-refractivity contribution in [2.45, 2.75) is 0 Å². The number of H-pyrrole nitrogens is 1. The van der Waals surface area contributed by atoms with Crippen LogP contribution in [-0.4, -0.2) is 35.6 Å². The van der Waals surface area contributed by atoms with E-state index in [9.17, 15) is 4.21 Å². The van der Waals surface area contributed by atoms with Crippen LogP contribution in [0, 0.1) is 0 Å². The van der Waals surface area contributed by atoms with Crippen LogP contribution in [0.3, 0.4) is 0 Å². The van der Waals surface area contributed by atoms with Gasteiger partial charge < -0.3 is 5.32 Å². The molecule has 1 unspecified atom stereocenters. The molecule has 3 rings (SSSR count). The Bertz CT molecular complexity index is 755. The van der Waals surface area contributed by atoms with E-state index in [0.29, 0.717) is 17.4 Å². The van der Waals surface area contributed by atoms with E-state index in [1.165, 1.54) is 0 Å². The number of fused-ring (bicyclic) bond motifs is 1. The maximum absolute atomic E-state index is 11.0. The summed E-state index contributed by atoms with van der Waals surface area (Å²) in [6, 6.07) is 3.52. The molecule has 3 aromatic heterocycles. The summed E-state index contributed by atoms with van der Waals surface area (Å²) in [5.41, 5.74) is 1.39. The van der Waals surface area contributed by atoms with Crippen molar-refractivity contribution in [2.24, 2.45) is 0 Å². The second-order valence-electron chi connectivity index (χ2n) is 3.98. The van der Waals surface area contributed by atoms with E-state index in [4.69, 9.17) is 0 Å². The molecule has 0 saturated carbocycles. The minimum atomic E-state index is -1.14. The largest absolute Gasteiger partial charge is 0.323 e. The topological polar surface area (TPSA) is 108 Å². The molecule has 20 heavy (non-hydrogen) atoms. The first-order valence-corrected chi connectivity index (χ1v) is 7.26. The molecule has 0 bridgehead atoms. The molecule has 0 saturated heterocycles. The maximum Gasteiger partial charge on any atom is 0.229 e. The highest BCUT2D eigenvalue weighted by Crippen LogP contribution is 2.15. The molecule has 0 fully saturated rings. The normalized spacial score (nSPS) is 12.2. The fourth-order valence-corrected chi connectivity index (χ4v) is 2.02. The van der Waals surface area contributed by atoms with E-state index in [-0.39, 0.29) is 0 Å². The van der Waals surface area contributed by atoms with Crippen molar-refractivity contribution in [3.63, 3.8) is 0 Å². The third kappa shape index (κ3) is 2.72. The molecule has 0 amide bonds. The van der Waals surface area contributed by atoms with Crippen LogP contribution in [0.5, 0.6) is 0 Å². The van der Waals surface area contributed by atoms with Gasteiger partial charge in [0.2, 0.25) is 5.95 Å². The van der Waals surface area contributed by atoms with Gasteiger partial charge in [0.25, 0.3) is 0 Å². The van der Waals surface area contributed by atoms with Crippen molar-refractivity contribution in [1.82, 2.24) is 25.1 Å². The minimum Gasteiger partial charge on any atom is -0.323 e. The van der Waals surface area contributed by atoms with E-state index >= 15 is 0 Å². The van der Waals surface area contributed by atoms with E-state index in [1.807, 2.05) is 0 Å². The molecule has 0 aliphatic rings. The standard InChI is InChI=1S/C11H11N7OS/c1-20(19)18-9-3-2-8(6-12-9)15-11-13-4-7-5-14-17-10(7)16-11/h2-6H,1H3,(H,12,18)(H2,13,14,15,16,17). The number of pyridine rings is 1. The highest BCUT2D eigenvalue weighted by atomic mass is 32.2. The molecule has 0 spiro atoms. The predicted molar refractivity (Wildman–Crippen MR) is 76.9 cm³/mol. The van der Waals surface area contributed by atoms with E-state index < -0.39 is 11.0 Å². The highest BCUT2D eigenvalue weighted by molar-refractivity contribution is 7.85. The zero-order chi connectivity index (χ0) is 13.9. The Hall–Kier alpha value is -2.55. The monoisotopic (exact) mass is 289 g/mol. The third-order valence-corrected chi connectivity index (χ3v) is 2.96. The van der Waals surface area contributed by atoms with Crippen molar-refractivity contribution in [1.29, 1.82) is 0 Å². The van der Waals surface area contributed by atoms with Crippen LogP contribution in [0.25, 0.3) is 11.0 Å². The van der Waals surface area contributed by atoms with Crippen LogP contribution in [0.2, 0.25) is 0 Å². The van der Waals surface area contributed by atoms with E-state index in [2.05, 4.69) is 35.2 Å². The Labute approximate surface area is 116 Å². The molecule has 0 aliphatic heterocycles. The van der Waals surface area contributed by atoms with Crippen molar-refractivity contribution in [3.8, 4) is 0 Å². The van der Waals surface area contributed by atoms with Gasteiger partial charge in [0, 0.05) is 12.5 Å².